The number of urea groups is 1. The first kappa shape index (κ1) is 16.6. The van der Waals surface area contributed by atoms with Crippen molar-refractivity contribution in [3.63, 3.8) is 0 Å². The van der Waals surface area contributed by atoms with Gasteiger partial charge in [0.1, 0.15) is 11.6 Å². The Morgan fingerprint density at radius 3 is 3.04 bits per heavy atom. The molecule has 136 valence electrons. The van der Waals surface area contributed by atoms with Gasteiger partial charge in [-0.2, -0.15) is 0 Å². The number of benzene rings is 1. The van der Waals surface area contributed by atoms with E-state index < -0.39 is 0 Å². The maximum absolute atomic E-state index is 13.6. The number of anilines is 1. The van der Waals surface area contributed by atoms with E-state index in [0.717, 1.165) is 19.7 Å². The van der Waals surface area contributed by atoms with Crippen molar-refractivity contribution in [1.29, 1.82) is 0 Å². The van der Waals surface area contributed by atoms with Crippen LogP contribution in [0.1, 0.15) is 12.8 Å². The third kappa shape index (κ3) is 4.04. The van der Waals surface area contributed by atoms with Crippen molar-refractivity contribution >= 4 is 11.7 Å². The topological polar surface area (TPSA) is 54.0 Å². The van der Waals surface area contributed by atoms with Gasteiger partial charge < -0.3 is 19.7 Å². The van der Waals surface area contributed by atoms with Crippen LogP contribution in [0, 0.1) is 11.7 Å². The van der Waals surface area contributed by atoms with Crippen molar-refractivity contribution in [2.75, 3.05) is 51.3 Å². The summed E-state index contributed by atoms with van der Waals surface area (Å²) < 4.78 is 24.9. The monoisotopic (exact) mass is 349 g/mol. The molecule has 1 aromatic rings. The van der Waals surface area contributed by atoms with E-state index in [1.807, 2.05) is 0 Å². The van der Waals surface area contributed by atoms with E-state index in [4.69, 9.17) is 9.47 Å². The van der Waals surface area contributed by atoms with Crippen LogP contribution < -0.4 is 10.1 Å². The zero-order chi connectivity index (χ0) is 17.2. The van der Waals surface area contributed by atoms with Gasteiger partial charge >= 0.3 is 6.03 Å². The highest BCUT2D eigenvalue weighted by molar-refractivity contribution is 5.91. The summed E-state index contributed by atoms with van der Waals surface area (Å²) in [4.78, 5) is 16.8. The molecule has 3 fully saturated rings. The Hall–Kier alpha value is -1.86. The molecule has 4 rings (SSSR count). The lowest BCUT2D eigenvalue weighted by atomic mass is 10.1. The number of morpholine rings is 1. The highest BCUT2D eigenvalue weighted by Gasteiger charge is 2.32. The molecule has 1 unspecified atom stereocenters. The Morgan fingerprint density at radius 1 is 1.32 bits per heavy atom. The third-order valence-electron chi connectivity index (χ3n) is 5.08. The van der Waals surface area contributed by atoms with Crippen LogP contribution in [-0.2, 0) is 4.74 Å². The van der Waals surface area contributed by atoms with Gasteiger partial charge in [-0.25, -0.2) is 9.18 Å². The molecule has 1 aromatic carbocycles. The average molecular weight is 349 g/mol. The first-order valence-corrected chi connectivity index (χ1v) is 8.99. The molecule has 7 heteroatoms. The zero-order valence-corrected chi connectivity index (χ0v) is 14.2. The summed E-state index contributed by atoms with van der Waals surface area (Å²) in [7, 11) is 0. The number of piperazine rings is 1. The van der Waals surface area contributed by atoms with Crippen LogP contribution in [0.3, 0.4) is 0 Å². The summed E-state index contributed by atoms with van der Waals surface area (Å²) in [5, 5.41) is 2.82. The van der Waals surface area contributed by atoms with Crippen LogP contribution in [-0.4, -0.2) is 67.9 Å². The van der Waals surface area contributed by atoms with E-state index in [2.05, 4.69) is 10.2 Å². The standard InChI is InChI=1S/C18H24FN3O3/c19-14-3-4-17(25-11-13-1-2-13)16(9-14)20-18(23)22-6-5-21-7-8-24-12-15(21)10-22/h3-4,9,13,15H,1-2,5-8,10-12H2,(H,20,23). The second-order valence-electron chi connectivity index (χ2n) is 7.04. The molecular formula is C18H24FN3O3. The van der Waals surface area contributed by atoms with Gasteiger partial charge in [-0.05, 0) is 30.9 Å². The van der Waals surface area contributed by atoms with Crippen LogP contribution >= 0.6 is 0 Å². The van der Waals surface area contributed by atoms with Gasteiger partial charge in [0.05, 0.1) is 31.5 Å². The average Bonchev–Trinajstić information content (AvgIpc) is 3.45. The van der Waals surface area contributed by atoms with Crippen LogP contribution in [0.5, 0.6) is 5.75 Å². The molecule has 3 aliphatic rings. The molecule has 6 nitrogen and oxygen atoms in total. The van der Waals surface area contributed by atoms with Crippen molar-refractivity contribution in [2.24, 2.45) is 5.92 Å². The summed E-state index contributed by atoms with van der Waals surface area (Å²) in [5.41, 5.74) is 0.396. The van der Waals surface area contributed by atoms with Gasteiger partial charge in [0.15, 0.2) is 0 Å². The van der Waals surface area contributed by atoms with Gasteiger partial charge in [0.2, 0.25) is 0 Å². The van der Waals surface area contributed by atoms with Crippen LogP contribution in [0.15, 0.2) is 18.2 Å². The lowest BCUT2D eigenvalue weighted by molar-refractivity contribution is -0.0355. The molecule has 2 heterocycles. The van der Waals surface area contributed by atoms with Crippen molar-refractivity contribution < 1.29 is 18.7 Å². The van der Waals surface area contributed by atoms with Crippen LogP contribution in [0.2, 0.25) is 0 Å². The highest BCUT2D eigenvalue weighted by atomic mass is 19.1. The normalized spacial score (nSPS) is 23.9. The maximum Gasteiger partial charge on any atom is 0.322 e. The largest absolute Gasteiger partial charge is 0.491 e. The molecule has 2 amide bonds. The molecule has 2 saturated heterocycles. The second-order valence-corrected chi connectivity index (χ2v) is 7.04. The minimum atomic E-state index is -0.389. The Bertz CT molecular complexity index is 638. The third-order valence-corrected chi connectivity index (χ3v) is 5.08. The number of ether oxygens (including phenoxy) is 2. The number of hydrogen-bond donors (Lipinski definition) is 1. The Labute approximate surface area is 146 Å². The zero-order valence-electron chi connectivity index (χ0n) is 14.2. The molecule has 1 saturated carbocycles. The fourth-order valence-corrected chi connectivity index (χ4v) is 3.34. The molecule has 0 spiro atoms. The predicted molar refractivity (Wildman–Crippen MR) is 91.4 cm³/mol. The van der Waals surface area contributed by atoms with E-state index in [1.54, 1.807) is 11.0 Å². The Balaban J connectivity index is 1.40. The predicted octanol–water partition coefficient (Wildman–Crippen LogP) is 2.16. The molecule has 1 atom stereocenters. The van der Waals surface area contributed by atoms with Gasteiger partial charge in [0, 0.05) is 32.2 Å². The van der Waals surface area contributed by atoms with Gasteiger partial charge in [0.25, 0.3) is 0 Å². The van der Waals surface area contributed by atoms with E-state index in [0.29, 0.717) is 43.7 Å². The fraction of sp³-hybridized carbons (Fsp3) is 0.611. The van der Waals surface area contributed by atoms with Gasteiger partial charge in [-0.3, -0.25) is 4.90 Å². The van der Waals surface area contributed by atoms with Crippen LogP contribution in [0.4, 0.5) is 14.9 Å². The first-order valence-electron chi connectivity index (χ1n) is 8.99. The molecule has 25 heavy (non-hydrogen) atoms. The van der Waals surface area contributed by atoms with Crippen molar-refractivity contribution in [3.05, 3.63) is 24.0 Å². The van der Waals surface area contributed by atoms with Crippen molar-refractivity contribution in [1.82, 2.24) is 9.80 Å². The number of nitrogens with zero attached hydrogens (tertiary/aromatic N) is 2. The van der Waals surface area contributed by atoms with Crippen molar-refractivity contribution in [3.8, 4) is 5.75 Å². The maximum atomic E-state index is 13.6. The van der Waals surface area contributed by atoms with E-state index in [9.17, 15) is 9.18 Å². The minimum absolute atomic E-state index is 0.216. The number of amides is 2. The number of nitrogens with one attached hydrogen (secondary N) is 1. The number of halogens is 1. The smallest absolute Gasteiger partial charge is 0.322 e. The highest BCUT2D eigenvalue weighted by Crippen LogP contribution is 2.32. The Morgan fingerprint density at radius 2 is 2.20 bits per heavy atom. The lowest BCUT2D eigenvalue weighted by Gasteiger charge is -2.43. The number of hydrogen-bond acceptors (Lipinski definition) is 4. The summed E-state index contributed by atoms with van der Waals surface area (Å²) in [6.45, 7) is 5.08. The molecule has 0 bridgehead atoms. The molecule has 0 radical (unpaired) electrons. The second kappa shape index (κ2) is 7.17. The number of rotatable bonds is 4. The Kier molecular flexibility index (Phi) is 4.76. The summed E-state index contributed by atoms with van der Waals surface area (Å²) in [6, 6.07) is 4.29. The first-order chi connectivity index (χ1) is 12.2. The summed E-state index contributed by atoms with van der Waals surface area (Å²) in [5.74, 6) is 0.730. The molecule has 0 aromatic heterocycles. The van der Waals surface area contributed by atoms with E-state index >= 15 is 0 Å². The molecule has 1 N–H and O–H groups in total. The molecular weight excluding hydrogens is 325 g/mol. The van der Waals surface area contributed by atoms with Crippen molar-refractivity contribution in [2.45, 2.75) is 18.9 Å². The van der Waals surface area contributed by atoms with Gasteiger partial charge in [-0.1, -0.05) is 0 Å². The lowest BCUT2D eigenvalue weighted by Crippen LogP contribution is -2.59. The molecule has 2 aliphatic heterocycles. The number of carbonyl (C=O) groups is 1. The SMILES string of the molecule is O=C(Nc1cc(F)ccc1OCC1CC1)N1CCN2CCOCC2C1. The number of fused-ring (bicyclic) bond motifs is 1. The fourth-order valence-electron chi connectivity index (χ4n) is 3.34. The quantitative estimate of drug-likeness (QED) is 0.905. The van der Waals surface area contributed by atoms with Crippen LogP contribution in [0.25, 0.3) is 0 Å². The van der Waals surface area contributed by atoms with Gasteiger partial charge in [-0.15, -0.1) is 0 Å². The summed E-state index contributed by atoms with van der Waals surface area (Å²) in [6.07, 6.45) is 2.35. The summed E-state index contributed by atoms with van der Waals surface area (Å²) >= 11 is 0. The minimum Gasteiger partial charge on any atom is -0.491 e. The molecule has 1 aliphatic carbocycles. The van der Waals surface area contributed by atoms with E-state index in [1.165, 1.54) is 25.0 Å². The van der Waals surface area contributed by atoms with E-state index in [-0.39, 0.29) is 17.9 Å². The number of carbonyl (C=O) groups excluding carboxylic acids is 1.